The number of nitrogens with two attached hydrogens (primary N) is 1. The minimum absolute atomic E-state index is 0.000917. The lowest BCUT2D eigenvalue weighted by atomic mass is 10.1. The number of rotatable bonds is 8. The van der Waals surface area contributed by atoms with E-state index in [1.165, 1.54) is 43.5 Å². The van der Waals surface area contributed by atoms with Gasteiger partial charge in [-0.05, 0) is 36.4 Å². The van der Waals surface area contributed by atoms with Gasteiger partial charge in [0.2, 0.25) is 0 Å². The lowest BCUT2D eigenvalue weighted by Crippen LogP contribution is -2.20. The van der Waals surface area contributed by atoms with Crippen molar-refractivity contribution in [3.63, 3.8) is 0 Å². The molecule has 2 rings (SSSR count). The van der Waals surface area contributed by atoms with Crippen LogP contribution in [0.2, 0.25) is 5.02 Å². The zero-order valence-corrected chi connectivity index (χ0v) is 15.8. The van der Waals surface area contributed by atoms with Gasteiger partial charge >= 0.3 is 6.18 Å². The molecule has 0 saturated carbocycles. The molecule has 2 amide bonds. The highest BCUT2D eigenvalue weighted by atomic mass is 35.5. The molecule has 0 saturated heterocycles. The third-order valence-corrected chi connectivity index (χ3v) is 3.65. The van der Waals surface area contributed by atoms with Gasteiger partial charge in [0.15, 0.2) is 24.7 Å². The summed E-state index contributed by atoms with van der Waals surface area (Å²) < 4.78 is 51.4. The van der Waals surface area contributed by atoms with Gasteiger partial charge in [-0.3, -0.25) is 9.59 Å². The number of methoxy groups -OCH3 is 1. The lowest BCUT2D eigenvalue weighted by molar-refractivity contribution is -0.153. The summed E-state index contributed by atoms with van der Waals surface area (Å²) in [5, 5.41) is 2.58. The number of benzene rings is 2. The van der Waals surface area contributed by atoms with Gasteiger partial charge in [0, 0.05) is 11.3 Å². The maximum atomic E-state index is 12.4. The zero-order valence-electron chi connectivity index (χ0n) is 15.0. The number of carbonyl (C=O) groups excluding carboxylic acids is 2. The molecule has 0 fully saturated rings. The first-order chi connectivity index (χ1) is 13.6. The van der Waals surface area contributed by atoms with Gasteiger partial charge in [-0.2, -0.15) is 13.2 Å². The van der Waals surface area contributed by atoms with Crippen molar-refractivity contribution in [3.05, 3.63) is 47.0 Å². The number of primary amides is 1. The van der Waals surface area contributed by atoms with Gasteiger partial charge in [-0.25, -0.2) is 0 Å². The van der Waals surface area contributed by atoms with Crippen LogP contribution in [-0.4, -0.2) is 38.3 Å². The van der Waals surface area contributed by atoms with Gasteiger partial charge in [-0.1, -0.05) is 11.6 Å². The Kier molecular flexibility index (Phi) is 7.16. The standard InChI is InChI=1S/C18H16ClF3N2O5/c1-27-14-7-10(6-13(19)16(14)28-8-15(23)25)17(26)24-11-2-4-12(5-3-11)29-9-18(20,21)22/h2-7H,8-9H2,1H3,(H2,23,25)(H,24,26). The third kappa shape index (κ3) is 6.75. The fourth-order valence-corrected chi connectivity index (χ4v) is 2.40. The molecule has 2 aromatic rings. The molecule has 0 aliphatic carbocycles. The summed E-state index contributed by atoms with van der Waals surface area (Å²) in [4.78, 5) is 23.3. The van der Waals surface area contributed by atoms with Crippen molar-refractivity contribution in [2.75, 3.05) is 25.6 Å². The molecule has 11 heteroatoms. The number of halogens is 4. The first kappa shape index (κ1) is 22.2. The van der Waals surface area contributed by atoms with Gasteiger partial charge in [0.25, 0.3) is 11.8 Å². The number of amides is 2. The molecule has 0 radical (unpaired) electrons. The van der Waals surface area contributed by atoms with E-state index < -0.39 is 31.2 Å². The van der Waals surface area contributed by atoms with E-state index in [1.807, 2.05) is 0 Å². The lowest BCUT2D eigenvalue weighted by Gasteiger charge is -2.13. The van der Waals surface area contributed by atoms with Crippen LogP contribution < -0.4 is 25.3 Å². The second-order valence-corrected chi connectivity index (χ2v) is 6.03. The summed E-state index contributed by atoms with van der Waals surface area (Å²) in [5.74, 6) is -1.11. The highest BCUT2D eigenvalue weighted by Gasteiger charge is 2.28. The molecule has 0 unspecified atom stereocenters. The fourth-order valence-electron chi connectivity index (χ4n) is 2.14. The van der Waals surface area contributed by atoms with Crippen LogP contribution >= 0.6 is 11.6 Å². The summed E-state index contributed by atoms with van der Waals surface area (Å²) in [7, 11) is 1.32. The summed E-state index contributed by atoms with van der Waals surface area (Å²) in [6.45, 7) is -1.84. The highest BCUT2D eigenvalue weighted by Crippen LogP contribution is 2.36. The molecule has 0 heterocycles. The molecule has 0 aromatic heterocycles. The molecule has 2 aromatic carbocycles. The number of alkyl halides is 3. The Morgan fingerprint density at radius 1 is 1.14 bits per heavy atom. The van der Waals surface area contributed by atoms with Crippen molar-refractivity contribution in [1.82, 2.24) is 0 Å². The molecular formula is C18H16ClF3N2O5. The number of anilines is 1. The van der Waals surface area contributed by atoms with E-state index in [4.69, 9.17) is 26.8 Å². The van der Waals surface area contributed by atoms with E-state index in [0.717, 1.165) is 0 Å². The number of hydrogen-bond donors (Lipinski definition) is 2. The van der Waals surface area contributed by atoms with Crippen LogP contribution in [0.1, 0.15) is 10.4 Å². The van der Waals surface area contributed by atoms with Crippen LogP contribution in [0.25, 0.3) is 0 Å². The Balaban J connectivity index is 2.10. The van der Waals surface area contributed by atoms with E-state index in [9.17, 15) is 22.8 Å². The largest absolute Gasteiger partial charge is 0.493 e. The fraction of sp³-hybridized carbons (Fsp3) is 0.222. The number of ether oxygens (including phenoxy) is 3. The van der Waals surface area contributed by atoms with Crippen molar-refractivity contribution in [2.24, 2.45) is 5.73 Å². The molecule has 3 N–H and O–H groups in total. The van der Waals surface area contributed by atoms with Crippen LogP contribution in [0.15, 0.2) is 36.4 Å². The highest BCUT2D eigenvalue weighted by molar-refractivity contribution is 6.32. The second-order valence-electron chi connectivity index (χ2n) is 5.63. The van der Waals surface area contributed by atoms with E-state index in [-0.39, 0.29) is 27.8 Å². The number of carbonyl (C=O) groups is 2. The molecule has 0 spiro atoms. The van der Waals surface area contributed by atoms with Crippen LogP contribution in [0.3, 0.4) is 0 Å². The van der Waals surface area contributed by atoms with Crippen molar-refractivity contribution in [2.45, 2.75) is 6.18 Å². The van der Waals surface area contributed by atoms with Gasteiger partial charge in [-0.15, -0.1) is 0 Å². The van der Waals surface area contributed by atoms with E-state index >= 15 is 0 Å². The summed E-state index contributed by atoms with van der Waals surface area (Å²) >= 11 is 6.09. The maximum Gasteiger partial charge on any atom is 0.422 e. The quantitative estimate of drug-likeness (QED) is 0.666. The monoisotopic (exact) mass is 432 g/mol. The summed E-state index contributed by atoms with van der Waals surface area (Å²) in [6.07, 6.45) is -4.45. The van der Waals surface area contributed by atoms with Crippen LogP contribution in [0, 0.1) is 0 Å². The minimum atomic E-state index is -4.45. The van der Waals surface area contributed by atoms with Gasteiger partial charge in [0.05, 0.1) is 12.1 Å². The van der Waals surface area contributed by atoms with Crippen molar-refractivity contribution < 1.29 is 37.0 Å². The van der Waals surface area contributed by atoms with Crippen LogP contribution in [0.5, 0.6) is 17.2 Å². The predicted molar refractivity (Wildman–Crippen MR) is 98.6 cm³/mol. The summed E-state index contributed by atoms with van der Waals surface area (Å²) in [5.41, 5.74) is 5.46. The smallest absolute Gasteiger partial charge is 0.422 e. The molecule has 156 valence electrons. The predicted octanol–water partition coefficient (Wildman–Crippen LogP) is 3.41. The van der Waals surface area contributed by atoms with Crippen LogP contribution in [-0.2, 0) is 4.79 Å². The Hall–Kier alpha value is -3.14. The Bertz CT molecular complexity index is 888. The number of nitrogens with one attached hydrogen (secondary N) is 1. The van der Waals surface area contributed by atoms with Crippen molar-refractivity contribution >= 4 is 29.1 Å². The molecule has 0 aliphatic heterocycles. The second kappa shape index (κ2) is 9.37. The Morgan fingerprint density at radius 3 is 2.34 bits per heavy atom. The number of hydrogen-bond acceptors (Lipinski definition) is 5. The molecular weight excluding hydrogens is 417 g/mol. The molecule has 7 nitrogen and oxygen atoms in total. The van der Waals surface area contributed by atoms with Gasteiger partial charge < -0.3 is 25.3 Å². The minimum Gasteiger partial charge on any atom is -0.493 e. The van der Waals surface area contributed by atoms with Crippen LogP contribution in [0.4, 0.5) is 18.9 Å². The third-order valence-electron chi connectivity index (χ3n) is 3.37. The van der Waals surface area contributed by atoms with E-state index in [2.05, 4.69) is 10.1 Å². The molecule has 0 bridgehead atoms. The van der Waals surface area contributed by atoms with E-state index in [1.54, 1.807) is 0 Å². The van der Waals surface area contributed by atoms with Crippen molar-refractivity contribution in [3.8, 4) is 17.2 Å². The Labute approximate surface area is 168 Å². The average Bonchev–Trinajstić information content (AvgIpc) is 2.65. The van der Waals surface area contributed by atoms with Gasteiger partial charge in [0.1, 0.15) is 5.75 Å². The Morgan fingerprint density at radius 2 is 1.79 bits per heavy atom. The topological polar surface area (TPSA) is 99.9 Å². The van der Waals surface area contributed by atoms with E-state index in [0.29, 0.717) is 5.69 Å². The summed E-state index contributed by atoms with van der Waals surface area (Å²) in [6, 6.07) is 7.99. The van der Waals surface area contributed by atoms with Crippen molar-refractivity contribution in [1.29, 1.82) is 0 Å². The normalized spacial score (nSPS) is 10.9. The maximum absolute atomic E-state index is 12.4. The molecule has 0 aliphatic rings. The molecule has 29 heavy (non-hydrogen) atoms. The average molecular weight is 433 g/mol. The molecule has 0 atom stereocenters. The first-order valence-corrected chi connectivity index (χ1v) is 8.36. The SMILES string of the molecule is COc1cc(C(=O)Nc2ccc(OCC(F)(F)F)cc2)cc(Cl)c1OCC(N)=O. The first-order valence-electron chi connectivity index (χ1n) is 7.98. The zero-order chi connectivity index (χ0) is 21.6.